The maximum atomic E-state index is 12.6. The zero-order chi connectivity index (χ0) is 18.1. The number of anilines is 2. The molecule has 9 heteroatoms. The van der Waals surface area contributed by atoms with Gasteiger partial charge in [-0.25, -0.2) is 4.68 Å². The summed E-state index contributed by atoms with van der Waals surface area (Å²) < 4.78 is 30.6. The number of aryl methyl sites for hydroxylation is 1. The molecule has 3 aromatic rings. The second-order valence-electron chi connectivity index (χ2n) is 5.84. The molecule has 0 spiro atoms. The molecule has 0 saturated heterocycles. The highest BCUT2D eigenvalue weighted by molar-refractivity contribution is 5.93. The number of H-pyrrole nitrogens is 1. The fraction of sp³-hybridized carbons (Fsp3) is 0.312. The van der Waals surface area contributed by atoms with Crippen LogP contribution in [0.3, 0.4) is 0 Å². The molecular formula is C16H17F2N5O2. The van der Waals surface area contributed by atoms with Gasteiger partial charge in [0.25, 0.3) is 5.56 Å². The summed E-state index contributed by atoms with van der Waals surface area (Å²) in [6, 6.07) is 5.76. The summed E-state index contributed by atoms with van der Waals surface area (Å²) in [7, 11) is 0. The van der Waals surface area contributed by atoms with Gasteiger partial charge in [-0.3, -0.25) is 9.89 Å². The van der Waals surface area contributed by atoms with E-state index in [0.717, 1.165) is 5.69 Å². The molecule has 2 heterocycles. The first-order chi connectivity index (χ1) is 11.8. The average molecular weight is 349 g/mol. The highest BCUT2D eigenvalue weighted by Gasteiger charge is 2.15. The highest BCUT2D eigenvalue weighted by Crippen LogP contribution is 2.26. The van der Waals surface area contributed by atoms with Crippen LogP contribution in [0.1, 0.15) is 25.6 Å². The summed E-state index contributed by atoms with van der Waals surface area (Å²) in [5.74, 6) is 0.856. The number of alkyl halides is 2. The standard InChI is InChI=1S/C16H17F2N5O2/c1-8(2)23-15(24)12-7-10(25-16(17)18)4-5-11(12)14(22-23)19-13-6-9(3)20-21-13/h4-8,16H,1-3H3,(H2,19,20,21,22). The zero-order valence-electron chi connectivity index (χ0n) is 13.9. The van der Waals surface area contributed by atoms with Crippen molar-refractivity contribution in [1.82, 2.24) is 20.0 Å². The monoisotopic (exact) mass is 349 g/mol. The van der Waals surface area contributed by atoms with Gasteiger partial charge in [0.1, 0.15) is 5.75 Å². The number of benzene rings is 1. The Morgan fingerprint density at radius 1 is 1.24 bits per heavy atom. The predicted molar refractivity (Wildman–Crippen MR) is 89.6 cm³/mol. The van der Waals surface area contributed by atoms with E-state index < -0.39 is 6.61 Å². The van der Waals surface area contributed by atoms with E-state index in [0.29, 0.717) is 17.0 Å². The van der Waals surface area contributed by atoms with E-state index in [1.807, 2.05) is 20.8 Å². The van der Waals surface area contributed by atoms with Crippen LogP contribution in [-0.4, -0.2) is 26.6 Å². The number of hydrogen-bond acceptors (Lipinski definition) is 5. The van der Waals surface area contributed by atoms with Crippen LogP contribution in [0.25, 0.3) is 10.8 Å². The van der Waals surface area contributed by atoms with Gasteiger partial charge < -0.3 is 10.1 Å². The van der Waals surface area contributed by atoms with Crippen LogP contribution >= 0.6 is 0 Å². The van der Waals surface area contributed by atoms with E-state index in [9.17, 15) is 13.6 Å². The molecule has 2 aromatic heterocycles. The Bertz CT molecular complexity index is 965. The van der Waals surface area contributed by atoms with Gasteiger partial charge in [-0.2, -0.15) is 19.0 Å². The van der Waals surface area contributed by atoms with Crippen LogP contribution in [0.2, 0.25) is 0 Å². The van der Waals surface area contributed by atoms with Crippen molar-refractivity contribution in [3.63, 3.8) is 0 Å². The number of ether oxygens (including phenoxy) is 1. The van der Waals surface area contributed by atoms with Crippen molar-refractivity contribution in [2.45, 2.75) is 33.4 Å². The fourth-order valence-corrected chi connectivity index (χ4v) is 2.46. The smallest absolute Gasteiger partial charge is 0.387 e. The topological polar surface area (TPSA) is 84.8 Å². The summed E-state index contributed by atoms with van der Waals surface area (Å²) in [5, 5.41) is 15.0. The molecule has 0 atom stereocenters. The first kappa shape index (κ1) is 16.9. The van der Waals surface area contributed by atoms with Crippen molar-refractivity contribution in [1.29, 1.82) is 0 Å². The molecule has 1 aromatic carbocycles. The molecule has 3 rings (SSSR count). The van der Waals surface area contributed by atoms with Crippen molar-refractivity contribution >= 4 is 22.4 Å². The molecule has 132 valence electrons. The minimum absolute atomic E-state index is 0.0809. The number of hydrogen-bond donors (Lipinski definition) is 2. The molecule has 0 fully saturated rings. The van der Waals surface area contributed by atoms with E-state index in [4.69, 9.17) is 0 Å². The molecular weight excluding hydrogens is 332 g/mol. The molecule has 0 unspecified atom stereocenters. The van der Waals surface area contributed by atoms with E-state index in [-0.39, 0.29) is 22.7 Å². The SMILES string of the molecule is Cc1cc(Nc2nn(C(C)C)c(=O)c3cc(OC(F)F)ccc23)n[nH]1. The Balaban J connectivity index is 2.17. The number of rotatable bonds is 5. The first-order valence-corrected chi connectivity index (χ1v) is 7.65. The minimum Gasteiger partial charge on any atom is -0.435 e. The lowest BCUT2D eigenvalue weighted by Gasteiger charge is -2.14. The minimum atomic E-state index is -2.96. The molecule has 25 heavy (non-hydrogen) atoms. The van der Waals surface area contributed by atoms with Gasteiger partial charge in [-0.15, -0.1) is 0 Å². The second-order valence-corrected chi connectivity index (χ2v) is 5.84. The second kappa shape index (κ2) is 6.50. The quantitative estimate of drug-likeness (QED) is 0.738. The summed E-state index contributed by atoms with van der Waals surface area (Å²) >= 11 is 0. The number of aromatic amines is 1. The molecule has 0 amide bonds. The number of nitrogens with zero attached hydrogens (tertiary/aromatic N) is 3. The van der Waals surface area contributed by atoms with Gasteiger partial charge >= 0.3 is 6.61 Å². The van der Waals surface area contributed by atoms with Gasteiger partial charge in [0.15, 0.2) is 11.6 Å². The highest BCUT2D eigenvalue weighted by atomic mass is 19.3. The predicted octanol–water partition coefficient (Wildman–Crippen LogP) is 3.35. The number of aromatic nitrogens is 4. The summed E-state index contributed by atoms with van der Waals surface area (Å²) in [4.78, 5) is 12.6. The van der Waals surface area contributed by atoms with Crippen molar-refractivity contribution < 1.29 is 13.5 Å². The van der Waals surface area contributed by atoms with Crippen LogP contribution in [0.15, 0.2) is 29.1 Å². The lowest BCUT2D eigenvalue weighted by molar-refractivity contribution is -0.0497. The normalized spacial score (nSPS) is 11.5. The summed E-state index contributed by atoms with van der Waals surface area (Å²) in [6.07, 6.45) is 0. The van der Waals surface area contributed by atoms with Crippen molar-refractivity contribution in [3.05, 3.63) is 40.3 Å². The molecule has 2 N–H and O–H groups in total. The van der Waals surface area contributed by atoms with Crippen LogP contribution in [0.4, 0.5) is 20.4 Å². The Morgan fingerprint density at radius 3 is 2.60 bits per heavy atom. The Kier molecular flexibility index (Phi) is 4.39. The average Bonchev–Trinajstić information content (AvgIpc) is 2.94. The number of fused-ring (bicyclic) bond motifs is 1. The number of nitrogens with one attached hydrogen (secondary N) is 2. The Hall–Kier alpha value is -2.97. The summed E-state index contributed by atoms with van der Waals surface area (Å²) in [6.45, 7) is 2.51. The third-order valence-electron chi connectivity index (χ3n) is 3.56. The van der Waals surface area contributed by atoms with E-state index >= 15 is 0 Å². The van der Waals surface area contributed by atoms with Gasteiger partial charge in [0, 0.05) is 17.1 Å². The molecule has 0 aliphatic carbocycles. The molecule has 0 aliphatic rings. The molecule has 0 aliphatic heterocycles. The lowest BCUT2D eigenvalue weighted by Crippen LogP contribution is -2.25. The van der Waals surface area contributed by atoms with E-state index in [1.54, 1.807) is 6.07 Å². The lowest BCUT2D eigenvalue weighted by atomic mass is 10.1. The van der Waals surface area contributed by atoms with E-state index in [2.05, 4.69) is 25.3 Å². The van der Waals surface area contributed by atoms with Crippen LogP contribution in [-0.2, 0) is 0 Å². The molecule has 0 radical (unpaired) electrons. The van der Waals surface area contributed by atoms with Gasteiger partial charge in [-0.1, -0.05) is 0 Å². The van der Waals surface area contributed by atoms with Crippen molar-refractivity contribution in [2.24, 2.45) is 0 Å². The number of halogens is 2. The third kappa shape index (κ3) is 3.44. The van der Waals surface area contributed by atoms with Crippen molar-refractivity contribution in [3.8, 4) is 5.75 Å². The van der Waals surface area contributed by atoms with Gasteiger partial charge in [0.2, 0.25) is 0 Å². The molecule has 0 bridgehead atoms. The van der Waals surface area contributed by atoms with Gasteiger partial charge in [-0.05, 0) is 39.0 Å². The first-order valence-electron chi connectivity index (χ1n) is 7.65. The van der Waals surface area contributed by atoms with Crippen LogP contribution in [0, 0.1) is 6.92 Å². The fourth-order valence-electron chi connectivity index (χ4n) is 2.46. The Morgan fingerprint density at radius 2 is 2.00 bits per heavy atom. The van der Waals surface area contributed by atoms with Crippen molar-refractivity contribution in [2.75, 3.05) is 5.32 Å². The maximum absolute atomic E-state index is 12.6. The van der Waals surface area contributed by atoms with Crippen LogP contribution < -0.4 is 15.6 Å². The van der Waals surface area contributed by atoms with Crippen LogP contribution in [0.5, 0.6) is 5.75 Å². The zero-order valence-corrected chi connectivity index (χ0v) is 13.9. The molecule has 7 nitrogen and oxygen atoms in total. The molecule has 0 saturated carbocycles. The summed E-state index contributed by atoms with van der Waals surface area (Å²) in [5.41, 5.74) is 0.477. The Labute approximate surface area is 141 Å². The van der Waals surface area contributed by atoms with E-state index in [1.165, 1.54) is 22.9 Å². The third-order valence-corrected chi connectivity index (χ3v) is 3.56. The van der Waals surface area contributed by atoms with Gasteiger partial charge in [0.05, 0.1) is 11.4 Å². The largest absolute Gasteiger partial charge is 0.435 e. The maximum Gasteiger partial charge on any atom is 0.387 e.